The summed E-state index contributed by atoms with van der Waals surface area (Å²) in [6, 6.07) is 4.43. The summed E-state index contributed by atoms with van der Waals surface area (Å²) in [6.07, 6.45) is 2.03. The maximum absolute atomic E-state index is 10.9. The van der Waals surface area contributed by atoms with Crippen molar-refractivity contribution < 1.29 is 5.11 Å². The molecule has 0 heterocycles. The first-order chi connectivity index (χ1) is 9.36. The summed E-state index contributed by atoms with van der Waals surface area (Å²) < 4.78 is 0. The highest BCUT2D eigenvalue weighted by Gasteiger charge is 2.31. The molecule has 0 saturated heterocycles. The summed E-state index contributed by atoms with van der Waals surface area (Å²) in [4.78, 5) is 0. The Morgan fingerprint density at radius 2 is 1.10 bits per heavy atom. The highest BCUT2D eigenvalue weighted by Crippen LogP contribution is 2.44. The maximum atomic E-state index is 10.9. The van der Waals surface area contributed by atoms with E-state index in [0.717, 1.165) is 24.0 Å². The SMILES string of the molecule is CCC(C)(C)c1cc(C(C)(C)C)cc(C(C)(C)CC)c1O. The second-order valence-corrected chi connectivity index (χ2v) is 8.64. The van der Waals surface area contributed by atoms with Crippen LogP contribution in [-0.4, -0.2) is 5.11 Å². The molecular formula is C20H34O. The second-order valence-electron chi connectivity index (χ2n) is 8.64. The van der Waals surface area contributed by atoms with Gasteiger partial charge in [-0.3, -0.25) is 0 Å². The third-order valence-corrected chi connectivity index (χ3v) is 5.20. The first-order valence-electron chi connectivity index (χ1n) is 8.25. The van der Waals surface area contributed by atoms with Gasteiger partial charge in [-0.2, -0.15) is 0 Å². The predicted octanol–water partition coefficient (Wildman–Crippen LogP) is 6.06. The van der Waals surface area contributed by atoms with E-state index in [0.29, 0.717) is 5.75 Å². The molecule has 1 aromatic carbocycles. The zero-order chi connectivity index (χ0) is 16.6. The van der Waals surface area contributed by atoms with Crippen molar-refractivity contribution in [2.24, 2.45) is 0 Å². The minimum absolute atomic E-state index is 0.0100. The zero-order valence-corrected chi connectivity index (χ0v) is 15.5. The molecule has 0 radical (unpaired) electrons. The van der Waals surface area contributed by atoms with Gasteiger partial charge in [0, 0.05) is 11.1 Å². The molecule has 0 spiro atoms. The highest BCUT2D eigenvalue weighted by molar-refractivity contribution is 5.51. The fraction of sp³-hybridized carbons (Fsp3) is 0.700. The highest BCUT2D eigenvalue weighted by atomic mass is 16.3. The lowest BCUT2D eigenvalue weighted by Gasteiger charge is -2.33. The number of phenols is 1. The Morgan fingerprint density at radius 3 is 1.33 bits per heavy atom. The van der Waals surface area contributed by atoms with Gasteiger partial charge in [-0.1, -0.05) is 74.4 Å². The average Bonchev–Trinajstić information content (AvgIpc) is 2.37. The zero-order valence-electron chi connectivity index (χ0n) is 15.5. The van der Waals surface area contributed by atoms with E-state index in [4.69, 9.17) is 0 Å². The fourth-order valence-corrected chi connectivity index (χ4v) is 2.48. The summed E-state index contributed by atoms with van der Waals surface area (Å²) in [5.41, 5.74) is 3.56. The van der Waals surface area contributed by atoms with Crippen LogP contribution in [0.15, 0.2) is 12.1 Å². The Labute approximate surface area is 131 Å². The lowest BCUT2D eigenvalue weighted by atomic mass is 9.72. The molecule has 1 heteroatoms. The standard InChI is InChI=1S/C20H34O/c1-10-19(6,7)15-12-14(18(3,4)5)13-16(17(15)21)20(8,9)11-2/h12-13,21H,10-11H2,1-9H3. The summed E-state index contributed by atoms with van der Waals surface area (Å²) in [6.45, 7) is 20.0. The average molecular weight is 290 g/mol. The van der Waals surface area contributed by atoms with Crippen LogP contribution in [0.2, 0.25) is 0 Å². The van der Waals surface area contributed by atoms with Crippen molar-refractivity contribution in [1.82, 2.24) is 0 Å². The number of benzene rings is 1. The number of hydrogen-bond acceptors (Lipinski definition) is 1. The molecule has 21 heavy (non-hydrogen) atoms. The van der Waals surface area contributed by atoms with Gasteiger partial charge in [-0.05, 0) is 34.7 Å². The number of rotatable bonds is 4. The molecule has 0 amide bonds. The van der Waals surface area contributed by atoms with Gasteiger partial charge in [-0.15, -0.1) is 0 Å². The minimum atomic E-state index is -0.0100. The van der Waals surface area contributed by atoms with Crippen molar-refractivity contribution in [3.05, 3.63) is 28.8 Å². The van der Waals surface area contributed by atoms with Crippen LogP contribution in [0.25, 0.3) is 0 Å². The van der Waals surface area contributed by atoms with Gasteiger partial charge < -0.3 is 5.11 Å². The maximum Gasteiger partial charge on any atom is 0.123 e. The van der Waals surface area contributed by atoms with E-state index in [2.05, 4.69) is 74.4 Å². The van der Waals surface area contributed by atoms with E-state index in [1.54, 1.807) is 0 Å². The first kappa shape index (κ1) is 18.1. The molecule has 1 rings (SSSR count). The van der Waals surface area contributed by atoms with Gasteiger partial charge in [0.25, 0.3) is 0 Å². The lowest BCUT2D eigenvalue weighted by molar-refractivity contribution is 0.398. The molecule has 0 fully saturated rings. The molecule has 0 aliphatic rings. The molecule has 0 bridgehead atoms. The van der Waals surface area contributed by atoms with Crippen LogP contribution in [0, 0.1) is 0 Å². The van der Waals surface area contributed by atoms with E-state index in [-0.39, 0.29) is 16.2 Å². The van der Waals surface area contributed by atoms with Crippen LogP contribution < -0.4 is 0 Å². The number of phenolic OH excluding ortho intramolecular Hbond substituents is 1. The van der Waals surface area contributed by atoms with Gasteiger partial charge >= 0.3 is 0 Å². The first-order valence-corrected chi connectivity index (χ1v) is 8.25. The third kappa shape index (κ3) is 3.62. The molecule has 1 aromatic rings. The largest absolute Gasteiger partial charge is 0.507 e. The van der Waals surface area contributed by atoms with Gasteiger partial charge in [0.15, 0.2) is 0 Å². The van der Waals surface area contributed by atoms with E-state index >= 15 is 0 Å². The molecule has 120 valence electrons. The molecule has 0 saturated carbocycles. The third-order valence-electron chi connectivity index (χ3n) is 5.20. The lowest BCUT2D eigenvalue weighted by Crippen LogP contribution is -2.23. The van der Waals surface area contributed by atoms with Crippen molar-refractivity contribution in [1.29, 1.82) is 0 Å². The summed E-state index contributed by atoms with van der Waals surface area (Å²) in [5, 5.41) is 10.9. The molecule has 0 aromatic heterocycles. The Balaban J connectivity index is 3.71. The van der Waals surface area contributed by atoms with Crippen LogP contribution in [-0.2, 0) is 16.2 Å². The van der Waals surface area contributed by atoms with E-state index in [1.807, 2.05) is 0 Å². The minimum Gasteiger partial charge on any atom is -0.507 e. The quantitative estimate of drug-likeness (QED) is 0.714. The number of aromatic hydroxyl groups is 1. The topological polar surface area (TPSA) is 20.2 Å². The summed E-state index contributed by atoms with van der Waals surface area (Å²) >= 11 is 0. The van der Waals surface area contributed by atoms with Crippen molar-refractivity contribution in [2.45, 2.75) is 91.4 Å². The van der Waals surface area contributed by atoms with Gasteiger partial charge in [0.05, 0.1) is 0 Å². The Morgan fingerprint density at radius 1 is 0.762 bits per heavy atom. The van der Waals surface area contributed by atoms with Crippen molar-refractivity contribution in [3.8, 4) is 5.75 Å². The molecule has 0 unspecified atom stereocenters. The van der Waals surface area contributed by atoms with Crippen LogP contribution in [0.4, 0.5) is 0 Å². The fourth-order valence-electron chi connectivity index (χ4n) is 2.48. The molecule has 0 aliphatic carbocycles. The van der Waals surface area contributed by atoms with E-state index < -0.39 is 0 Å². The molecule has 0 atom stereocenters. The Bertz CT molecular complexity index is 464. The van der Waals surface area contributed by atoms with E-state index in [9.17, 15) is 5.11 Å². The van der Waals surface area contributed by atoms with Gasteiger partial charge in [0.2, 0.25) is 0 Å². The molecule has 1 N–H and O–H groups in total. The van der Waals surface area contributed by atoms with Crippen LogP contribution in [0.3, 0.4) is 0 Å². The van der Waals surface area contributed by atoms with Gasteiger partial charge in [0.1, 0.15) is 5.75 Å². The Hall–Kier alpha value is -0.980. The summed E-state index contributed by atoms with van der Waals surface area (Å²) in [7, 11) is 0. The normalized spacial score (nSPS) is 13.6. The van der Waals surface area contributed by atoms with Crippen LogP contribution >= 0.6 is 0 Å². The monoisotopic (exact) mass is 290 g/mol. The summed E-state index contributed by atoms with van der Waals surface area (Å²) in [5.74, 6) is 0.502. The second kappa shape index (κ2) is 5.66. The van der Waals surface area contributed by atoms with E-state index in [1.165, 1.54) is 5.56 Å². The molecule has 1 nitrogen and oxygen atoms in total. The van der Waals surface area contributed by atoms with Crippen LogP contribution in [0.5, 0.6) is 5.75 Å². The van der Waals surface area contributed by atoms with Crippen LogP contribution in [0.1, 0.15) is 91.8 Å². The predicted molar refractivity (Wildman–Crippen MR) is 93.4 cm³/mol. The van der Waals surface area contributed by atoms with Crippen molar-refractivity contribution >= 4 is 0 Å². The van der Waals surface area contributed by atoms with Crippen molar-refractivity contribution in [3.63, 3.8) is 0 Å². The molecule has 0 aliphatic heterocycles. The van der Waals surface area contributed by atoms with Crippen molar-refractivity contribution in [2.75, 3.05) is 0 Å². The number of hydrogen-bond donors (Lipinski definition) is 1. The molecular weight excluding hydrogens is 256 g/mol. The Kier molecular flexibility index (Phi) is 4.87. The van der Waals surface area contributed by atoms with Gasteiger partial charge in [-0.25, -0.2) is 0 Å². The smallest absolute Gasteiger partial charge is 0.123 e.